The first-order chi connectivity index (χ1) is 47.8. The van der Waals surface area contributed by atoms with Crippen LogP contribution in [-0.4, -0.2) is 224 Å². The number of pyridine rings is 1. The van der Waals surface area contributed by atoms with Gasteiger partial charge in [0.1, 0.15) is 37.1 Å². The zero-order valence-corrected chi connectivity index (χ0v) is 60.0. The Balaban J connectivity index is 0.00000120. The molecular weight excluding hydrogens is 1560 g/mol. The van der Waals surface area contributed by atoms with Crippen LogP contribution in [0, 0.1) is 113 Å². The van der Waals surface area contributed by atoms with Crippen LogP contribution in [0.15, 0.2) is 24.5 Å². The van der Waals surface area contributed by atoms with E-state index in [4.69, 9.17) is 9.84 Å². The maximum atomic E-state index is 11.8. The maximum absolute atomic E-state index is 11.8. The second kappa shape index (κ2) is 53.6. The lowest BCUT2D eigenvalue weighted by Gasteiger charge is -2.28. The van der Waals surface area contributed by atoms with Crippen molar-refractivity contribution in [1.29, 1.82) is 0 Å². The molecule has 0 bridgehead atoms. The quantitative estimate of drug-likeness (QED) is 0.0166. The number of carboxylic acid groups (broad SMARTS) is 1. The van der Waals surface area contributed by atoms with Gasteiger partial charge >= 0.3 is 11.9 Å². The number of hydrogen-bond acceptors (Lipinski definition) is 43. The highest BCUT2D eigenvalue weighted by molar-refractivity contribution is 8.76. The molecule has 7 aliphatic heterocycles. The molecule has 1 aromatic heterocycles. The molecule has 1 aromatic rings. The van der Waals surface area contributed by atoms with Crippen molar-refractivity contribution in [2.45, 2.75) is 181 Å². The second-order valence-corrected chi connectivity index (χ2v) is 31.3. The fourth-order valence-corrected chi connectivity index (χ4v) is 18.7. The van der Waals surface area contributed by atoms with E-state index in [1.54, 1.807) is 37.0 Å². The van der Waals surface area contributed by atoms with Gasteiger partial charge < -0.3 is 53.7 Å². The molecule has 0 aromatic carbocycles. The fourth-order valence-electron chi connectivity index (χ4n) is 8.87. The lowest BCUT2D eigenvalue weighted by Crippen LogP contribution is -2.44. The van der Waals surface area contributed by atoms with Gasteiger partial charge in [-0.2, -0.15) is 70.6 Å². The van der Waals surface area contributed by atoms with Crippen LogP contribution in [0.25, 0.3) is 0 Å². The lowest BCUT2D eigenvalue weighted by molar-refractivity contribution is -0.867. The second-order valence-electron chi connectivity index (χ2n) is 21.0. The highest BCUT2D eigenvalue weighted by Crippen LogP contribution is 2.38. The zero-order chi connectivity index (χ0) is 75.6. The van der Waals surface area contributed by atoms with E-state index in [0.717, 1.165) is 35.4 Å². The molecule has 54 heteroatoms. The first-order valence-electron chi connectivity index (χ1n) is 29.7. The van der Waals surface area contributed by atoms with Crippen LogP contribution in [0.3, 0.4) is 0 Å². The minimum absolute atomic E-state index is 0. The number of rotatable bonds is 34. The minimum Gasteiger partial charge on any atom is -0.481 e. The monoisotopic (exact) mass is 1640 g/mol. The number of carbonyl (C=O) groups excluding carboxylic acids is 1. The van der Waals surface area contributed by atoms with E-state index in [1.165, 1.54) is 93.8 Å². The van der Waals surface area contributed by atoms with Crippen molar-refractivity contribution in [1.82, 2.24) is 4.98 Å². The first-order valence-corrected chi connectivity index (χ1v) is 38.6. The highest BCUT2D eigenvalue weighted by Gasteiger charge is 2.43. The molecular formula is C49H81N11O35S8. The van der Waals surface area contributed by atoms with Crippen molar-refractivity contribution in [3.8, 4) is 0 Å². The molecule has 0 amide bonds. The van der Waals surface area contributed by atoms with E-state index in [-0.39, 0.29) is 45.2 Å². The van der Waals surface area contributed by atoms with E-state index in [2.05, 4.69) is 72.0 Å². The molecule has 0 spiro atoms. The Morgan fingerprint density at radius 3 is 1.51 bits per heavy atom. The number of ether oxygens (including phenoxy) is 1. The van der Waals surface area contributed by atoms with E-state index in [1.807, 2.05) is 18.7 Å². The summed E-state index contributed by atoms with van der Waals surface area (Å²) in [5.74, 6) is 5.80. The summed E-state index contributed by atoms with van der Waals surface area (Å²) in [4.78, 5) is 171. The molecule has 46 nitrogen and oxygen atoms in total. The molecule has 590 valence electrons. The third-order valence-electron chi connectivity index (χ3n) is 13.7. The van der Waals surface area contributed by atoms with Gasteiger partial charge in [0, 0.05) is 62.8 Å². The molecule has 15 unspecified atom stereocenters. The number of aliphatic hydroxyl groups is 1. The number of carboxylic acids is 1. The molecule has 103 heavy (non-hydrogen) atoms. The van der Waals surface area contributed by atoms with Gasteiger partial charge in [-0.1, -0.05) is 57.2 Å². The summed E-state index contributed by atoms with van der Waals surface area (Å²) >= 11 is 9.58. The van der Waals surface area contributed by atoms with Crippen molar-refractivity contribution < 1.29 is 124 Å². The Bertz CT molecular complexity index is 2730. The van der Waals surface area contributed by atoms with E-state index < -0.39 is 135 Å². The van der Waals surface area contributed by atoms with Crippen molar-refractivity contribution in [3.05, 3.63) is 131 Å². The van der Waals surface area contributed by atoms with Crippen LogP contribution in [-0.2, 0) is 57.9 Å². The molecule has 0 radical (unpaired) electrons. The van der Waals surface area contributed by atoms with Gasteiger partial charge in [-0.3, -0.25) is 19.5 Å². The number of aliphatic carboxylic acids is 1. The predicted molar refractivity (Wildman–Crippen MR) is 371 cm³/mol. The molecule has 8 heterocycles. The molecule has 7 fully saturated rings. The Morgan fingerprint density at radius 1 is 0.573 bits per heavy atom. The third-order valence-corrected chi connectivity index (χ3v) is 24.7. The number of thioether (sulfide) groups is 6. The Morgan fingerprint density at radius 2 is 1.10 bits per heavy atom. The number of carbonyl (C=O) groups is 2. The molecule has 0 aliphatic carbocycles. The van der Waals surface area contributed by atoms with Crippen LogP contribution in [0.2, 0.25) is 0 Å². The van der Waals surface area contributed by atoms with Gasteiger partial charge in [0.15, 0.2) is 12.2 Å². The summed E-state index contributed by atoms with van der Waals surface area (Å²) in [7, 11) is 2.95. The van der Waals surface area contributed by atoms with Crippen LogP contribution < -0.4 is 0 Å². The predicted octanol–water partition coefficient (Wildman–Crippen LogP) is 7.78. The number of hydrogen-bond donors (Lipinski definition) is 2. The largest absolute Gasteiger partial charge is 0.481 e. The minimum atomic E-state index is -2.11. The molecule has 0 saturated carbocycles. The average Bonchev–Trinajstić information content (AvgIpc) is 1.79. The van der Waals surface area contributed by atoms with E-state index in [9.17, 15) is 116 Å². The van der Waals surface area contributed by atoms with Gasteiger partial charge in [0.25, 0.3) is 57.2 Å². The van der Waals surface area contributed by atoms with Crippen molar-refractivity contribution >= 4 is 104 Å². The lowest BCUT2D eigenvalue weighted by atomic mass is 10.0. The van der Waals surface area contributed by atoms with Gasteiger partial charge in [0.2, 0.25) is 0 Å². The zero-order valence-electron chi connectivity index (χ0n) is 53.4. The van der Waals surface area contributed by atoms with Crippen LogP contribution in [0.4, 0.5) is 0 Å². The fraction of sp³-hybridized carbons (Fsp3) is 0.857. The Kier molecular flexibility index (Phi) is 49.9. The van der Waals surface area contributed by atoms with Crippen molar-refractivity contribution in [2.75, 3.05) is 65.0 Å². The molecule has 2 N–H and O–H groups in total. The molecule has 7 aliphatic rings. The summed E-state index contributed by atoms with van der Waals surface area (Å²) in [6.45, 7) is 5.67. The van der Waals surface area contributed by atoms with E-state index >= 15 is 0 Å². The Hall–Kier alpha value is -7.15. The molecule has 7 saturated heterocycles. The maximum Gasteiger partial charge on any atom is 0.340 e. The number of nitrogens with zero attached hydrogens (tertiary/aromatic N) is 11. The summed E-state index contributed by atoms with van der Waals surface area (Å²) in [6.07, 6.45) is -0.0993. The van der Waals surface area contributed by atoms with Crippen LogP contribution in [0.5, 0.6) is 0 Å². The van der Waals surface area contributed by atoms with Gasteiger partial charge in [-0.05, 0) is 111 Å². The van der Waals surface area contributed by atoms with Gasteiger partial charge in [0.05, 0.1) is 23.5 Å². The smallest absolute Gasteiger partial charge is 0.340 e. The first kappa shape index (κ1) is 95.8. The summed E-state index contributed by atoms with van der Waals surface area (Å²) < 4.78 is 5.25. The average molecular weight is 1640 g/mol. The normalized spacial score (nSPS) is 24.0. The summed E-state index contributed by atoms with van der Waals surface area (Å²) in [5, 5.41) is 110. The van der Waals surface area contributed by atoms with Crippen molar-refractivity contribution in [2.24, 2.45) is 11.8 Å². The molecule has 15 atom stereocenters. The summed E-state index contributed by atoms with van der Waals surface area (Å²) in [6, 6.07) is 3.19. The standard InChI is InChI=1S/C10H10N2O5S2.C9H14N2O8S.C7H12N2O7S.C6H9N3O9S.C6H11NO3S.C5H9NO3S.C4H8S.2CH4/c13-10(7-2-1-3-11-4-7)16-8-5-18-19-6-9(8)17-12(14)15;12-8(13)4-3-6(18-10(14)15)9(19-11(16)17)7-2-1-5-20-7;1-4-3-17-7(6(4)10)5(16-9(13)14)2-15-8(11)12;10-7(11)16-5(4-2-1-3-19-4)6(17-8(12)13)18-9(14)15;8-7(9)10-4-3-6-2-1-5-11-6;1-4-2-10-3-5(4)9-6(7)8;1-2-4-3-5-4;;/h1-4,8-9H,5-6H2;6-7,9H,1-5H2,(H,12,13);4-7,10H,2-3H2,1H3;4-6H,1-3H2;6H,1-5H2;4-5H,2-3H2,1H3;4H,2-3H2,1H3;2*1H4. The summed E-state index contributed by atoms with van der Waals surface area (Å²) in [5.41, 5.74) is 0.311. The third kappa shape index (κ3) is 43.7. The Labute approximate surface area is 618 Å². The molecule has 8 rings (SSSR count). The van der Waals surface area contributed by atoms with Crippen molar-refractivity contribution in [3.63, 3.8) is 0 Å². The number of aliphatic hydroxyl groups excluding tert-OH is 1. The van der Waals surface area contributed by atoms with Gasteiger partial charge in [-0.25, -0.2) is 4.79 Å². The van der Waals surface area contributed by atoms with E-state index in [0.29, 0.717) is 59.0 Å². The van der Waals surface area contributed by atoms with Gasteiger partial charge in [-0.15, -0.1) is 101 Å². The highest BCUT2D eigenvalue weighted by atomic mass is 33.1. The topological polar surface area (TPSA) is 620 Å². The number of esters is 1. The van der Waals surface area contributed by atoms with Crippen LogP contribution in [0.1, 0.15) is 110 Å². The van der Waals surface area contributed by atoms with Crippen LogP contribution >= 0.6 is 92.2 Å². The SMILES string of the molecule is C.C.CC1CSC(C(CO[N+](=O)[O-])O[N+](=O)[O-])C1O.CC1CSCC1O[N+](=O)[O-].CCC1CS1.O=C(O)CCC(O[N+](=O)[O-])C(O[N+](=O)[O-])C1CCCS1.O=C(OC1CSSCC1O[N+](=O)[O-])c1cccnc1.O=[N+]([O-])OC(O[N+](=O)[O-])C(O[N+](=O)[O-])C1CCCS1.O=[N+]([O-])OCCC1CCCS1. The number of aromatic nitrogens is 1.